The first-order valence-corrected chi connectivity index (χ1v) is 7.49. The minimum Gasteiger partial charge on any atom is -0.462 e. The molecule has 1 aliphatic rings. The zero-order valence-electron chi connectivity index (χ0n) is 12.9. The second kappa shape index (κ2) is 6.53. The lowest BCUT2D eigenvalue weighted by atomic mass is 9.57. The second-order valence-corrected chi connectivity index (χ2v) is 6.34. The number of carbonyl (C=O) groups excluding carboxylic acids is 2. The van der Waals surface area contributed by atoms with Crippen LogP contribution in [0.25, 0.3) is 0 Å². The first-order valence-electron chi connectivity index (χ1n) is 7.49. The van der Waals surface area contributed by atoms with Crippen molar-refractivity contribution in [2.24, 2.45) is 23.2 Å². The molecule has 1 rings (SSSR count). The zero-order valence-corrected chi connectivity index (χ0v) is 12.9. The minimum atomic E-state index is -0.197. The number of carbonyl (C=O) groups is 2. The highest BCUT2D eigenvalue weighted by Gasteiger charge is 2.46. The first-order chi connectivity index (χ1) is 8.86. The number of aldehydes is 1. The van der Waals surface area contributed by atoms with Gasteiger partial charge in [-0.2, -0.15) is 0 Å². The summed E-state index contributed by atoms with van der Waals surface area (Å²) in [5.41, 5.74) is 0.0768. The van der Waals surface area contributed by atoms with Crippen LogP contribution in [0.4, 0.5) is 0 Å². The van der Waals surface area contributed by atoms with Crippen LogP contribution in [0.2, 0.25) is 0 Å². The second-order valence-electron chi connectivity index (χ2n) is 6.34. The van der Waals surface area contributed by atoms with Crippen molar-refractivity contribution in [2.45, 2.75) is 66.4 Å². The average Bonchev–Trinajstić information content (AvgIpc) is 2.35. The molecular weight excluding hydrogens is 240 g/mol. The molecule has 0 radical (unpaired) electrons. The topological polar surface area (TPSA) is 43.4 Å². The van der Waals surface area contributed by atoms with Gasteiger partial charge in [0.25, 0.3) is 0 Å². The summed E-state index contributed by atoms with van der Waals surface area (Å²) in [5.74, 6) is 0.530. The van der Waals surface area contributed by atoms with E-state index in [0.717, 1.165) is 32.0 Å². The van der Waals surface area contributed by atoms with E-state index >= 15 is 0 Å². The molecule has 0 aromatic carbocycles. The predicted octanol–water partition coefficient (Wildman–Crippen LogP) is 3.61. The van der Waals surface area contributed by atoms with Gasteiger partial charge in [0.1, 0.15) is 12.4 Å². The van der Waals surface area contributed by atoms with Crippen molar-refractivity contribution in [3.05, 3.63) is 0 Å². The van der Waals surface area contributed by atoms with Crippen molar-refractivity contribution in [1.82, 2.24) is 0 Å². The largest absolute Gasteiger partial charge is 0.462 e. The zero-order chi connectivity index (χ0) is 14.6. The van der Waals surface area contributed by atoms with Crippen LogP contribution in [0.3, 0.4) is 0 Å². The van der Waals surface area contributed by atoms with Crippen molar-refractivity contribution >= 4 is 12.3 Å². The molecule has 19 heavy (non-hydrogen) atoms. The molecule has 0 heterocycles. The molecule has 0 aliphatic heterocycles. The molecule has 110 valence electrons. The van der Waals surface area contributed by atoms with E-state index in [1.54, 1.807) is 0 Å². The van der Waals surface area contributed by atoms with Gasteiger partial charge in [0.05, 0.1) is 0 Å². The summed E-state index contributed by atoms with van der Waals surface area (Å²) in [5, 5.41) is 0. The van der Waals surface area contributed by atoms with Gasteiger partial charge in [0.2, 0.25) is 0 Å². The molecule has 0 saturated heterocycles. The molecule has 1 fully saturated rings. The van der Waals surface area contributed by atoms with Gasteiger partial charge in [-0.05, 0) is 36.5 Å². The summed E-state index contributed by atoms with van der Waals surface area (Å²) in [6.45, 7) is 10.1. The third-order valence-electron chi connectivity index (χ3n) is 5.26. The minimum absolute atomic E-state index is 0.00384. The molecular formula is C16H28O3. The van der Waals surface area contributed by atoms with E-state index in [1.165, 1.54) is 6.92 Å². The van der Waals surface area contributed by atoms with E-state index in [4.69, 9.17) is 4.74 Å². The monoisotopic (exact) mass is 268 g/mol. The fraction of sp³-hybridized carbons (Fsp3) is 0.875. The maximum Gasteiger partial charge on any atom is 0.302 e. The summed E-state index contributed by atoms with van der Waals surface area (Å²) < 4.78 is 5.48. The highest BCUT2D eigenvalue weighted by atomic mass is 16.5. The van der Waals surface area contributed by atoms with Crippen LogP contribution < -0.4 is 0 Å². The summed E-state index contributed by atoms with van der Waals surface area (Å²) in [4.78, 5) is 22.4. The molecule has 1 saturated carbocycles. The van der Waals surface area contributed by atoms with E-state index < -0.39 is 0 Å². The van der Waals surface area contributed by atoms with Crippen molar-refractivity contribution < 1.29 is 14.3 Å². The van der Waals surface area contributed by atoms with Crippen molar-refractivity contribution in [3.8, 4) is 0 Å². The van der Waals surface area contributed by atoms with Crippen LogP contribution in [-0.2, 0) is 14.3 Å². The van der Waals surface area contributed by atoms with Gasteiger partial charge in [-0.3, -0.25) is 4.79 Å². The fourth-order valence-corrected chi connectivity index (χ4v) is 4.02. The quantitative estimate of drug-likeness (QED) is 0.565. The highest BCUT2D eigenvalue weighted by Crippen LogP contribution is 2.50. The molecule has 3 heteroatoms. The van der Waals surface area contributed by atoms with Crippen LogP contribution in [0.15, 0.2) is 0 Å². The maximum atomic E-state index is 11.2. The molecule has 1 aliphatic carbocycles. The molecule has 4 unspecified atom stereocenters. The molecule has 0 bridgehead atoms. The van der Waals surface area contributed by atoms with E-state index in [2.05, 4.69) is 20.8 Å². The smallest absolute Gasteiger partial charge is 0.302 e. The summed E-state index contributed by atoms with van der Waals surface area (Å²) in [6.07, 6.45) is 5.20. The molecule has 0 aromatic heterocycles. The normalized spacial score (nSPS) is 34.4. The fourth-order valence-electron chi connectivity index (χ4n) is 4.02. The van der Waals surface area contributed by atoms with Crippen LogP contribution in [0.1, 0.15) is 60.3 Å². The molecule has 0 spiro atoms. The Kier molecular flexibility index (Phi) is 5.57. The van der Waals surface area contributed by atoms with Crippen molar-refractivity contribution in [1.29, 1.82) is 0 Å². The molecule has 3 nitrogen and oxygen atoms in total. The Labute approximate surface area is 117 Å². The van der Waals surface area contributed by atoms with Gasteiger partial charge < -0.3 is 9.53 Å². The number of rotatable bonds is 5. The van der Waals surface area contributed by atoms with E-state index in [1.807, 2.05) is 6.92 Å². The average molecular weight is 268 g/mol. The van der Waals surface area contributed by atoms with Crippen LogP contribution in [0, 0.1) is 23.2 Å². The van der Waals surface area contributed by atoms with Crippen molar-refractivity contribution in [2.75, 3.05) is 0 Å². The van der Waals surface area contributed by atoms with Crippen molar-refractivity contribution in [3.63, 3.8) is 0 Å². The molecule has 0 N–H and O–H groups in total. The lowest BCUT2D eigenvalue weighted by Gasteiger charge is -2.49. The highest BCUT2D eigenvalue weighted by molar-refractivity contribution is 5.66. The third-order valence-corrected chi connectivity index (χ3v) is 5.26. The van der Waals surface area contributed by atoms with Gasteiger partial charge in [0.15, 0.2) is 0 Å². The SMILES string of the molecule is CCC([C@H](C)C=O)C1(C)CCCC(OC(C)=O)C1C. The Morgan fingerprint density at radius 2 is 2.16 bits per heavy atom. The Hall–Kier alpha value is -0.860. The summed E-state index contributed by atoms with van der Waals surface area (Å²) in [7, 11) is 0. The standard InChI is InChI=1S/C16H28O3/c1-6-14(11(2)10-17)16(5)9-7-8-15(12(16)3)19-13(4)18/h10-12,14-15H,6-9H2,1-5H3/t11-,12?,14?,15?,16?/m1/s1. The Morgan fingerprint density at radius 1 is 1.53 bits per heavy atom. The number of hydrogen-bond acceptors (Lipinski definition) is 3. The number of esters is 1. The summed E-state index contributed by atoms with van der Waals surface area (Å²) in [6, 6.07) is 0. The van der Waals surface area contributed by atoms with Gasteiger partial charge in [-0.15, -0.1) is 0 Å². The molecule has 0 aromatic rings. The third kappa shape index (κ3) is 3.37. The Balaban J connectivity index is 2.94. The predicted molar refractivity (Wildman–Crippen MR) is 75.7 cm³/mol. The van der Waals surface area contributed by atoms with Gasteiger partial charge in [-0.1, -0.05) is 34.1 Å². The maximum absolute atomic E-state index is 11.2. The van der Waals surface area contributed by atoms with E-state index in [0.29, 0.717) is 11.8 Å². The lowest BCUT2D eigenvalue weighted by Crippen LogP contribution is -2.46. The van der Waals surface area contributed by atoms with E-state index in [9.17, 15) is 9.59 Å². The summed E-state index contributed by atoms with van der Waals surface area (Å²) >= 11 is 0. The Morgan fingerprint density at radius 3 is 2.63 bits per heavy atom. The Bertz CT molecular complexity index is 326. The number of hydrogen-bond donors (Lipinski definition) is 0. The first kappa shape index (κ1) is 16.2. The van der Waals surface area contributed by atoms with Gasteiger partial charge in [0, 0.05) is 12.8 Å². The van der Waals surface area contributed by atoms with E-state index in [-0.39, 0.29) is 23.4 Å². The van der Waals surface area contributed by atoms with Gasteiger partial charge >= 0.3 is 5.97 Å². The molecule has 5 atom stereocenters. The number of ether oxygens (including phenoxy) is 1. The van der Waals surface area contributed by atoms with Gasteiger partial charge in [-0.25, -0.2) is 0 Å². The lowest BCUT2D eigenvalue weighted by molar-refractivity contribution is -0.158. The van der Waals surface area contributed by atoms with Crippen LogP contribution >= 0.6 is 0 Å². The molecule has 0 amide bonds. The van der Waals surface area contributed by atoms with Crippen LogP contribution in [0.5, 0.6) is 0 Å². The van der Waals surface area contributed by atoms with Crippen LogP contribution in [-0.4, -0.2) is 18.4 Å².